The molecule has 2 aromatic carbocycles. The summed E-state index contributed by atoms with van der Waals surface area (Å²) in [7, 11) is 0. The highest BCUT2D eigenvalue weighted by Crippen LogP contribution is 2.17. The van der Waals surface area contributed by atoms with E-state index < -0.39 is 17.5 Å². The van der Waals surface area contributed by atoms with E-state index in [4.69, 9.17) is 0 Å². The Morgan fingerprint density at radius 1 is 1.00 bits per heavy atom. The van der Waals surface area contributed by atoms with Gasteiger partial charge < -0.3 is 5.32 Å². The van der Waals surface area contributed by atoms with Crippen LogP contribution in [0.5, 0.6) is 0 Å². The van der Waals surface area contributed by atoms with E-state index in [2.05, 4.69) is 21.2 Å². The van der Waals surface area contributed by atoms with Gasteiger partial charge in [-0.25, -0.2) is 13.2 Å². The monoisotopic (exact) mass is 371 g/mol. The number of benzene rings is 2. The van der Waals surface area contributed by atoms with Gasteiger partial charge in [0.05, 0.1) is 10.9 Å². The van der Waals surface area contributed by atoms with Crippen LogP contribution in [-0.2, 0) is 17.6 Å². The molecule has 0 unspecified atom stereocenters. The van der Waals surface area contributed by atoms with Gasteiger partial charge in [0.2, 0.25) is 5.91 Å². The number of hydrogen-bond acceptors (Lipinski definition) is 1. The van der Waals surface area contributed by atoms with E-state index in [-0.39, 0.29) is 18.9 Å². The third kappa shape index (κ3) is 4.87. The third-order valence-corrected chi connectivity index (χ3v) is 3.61. The molecule has 0 bridgehead atoms. The smallest absolute Gasteiger partial charge is 0.224 e. The van der Waals surface area contributed by atoms with Crippen LogP contribution < -0.4 is 5.32 Å². The highest BCUT2D eigenvalue weighted by molar-refractivity contribution is 9.10. The van der Waals surface area contributed by atoms with Crippen LogP contribution in [0.1, 0.15) is 11.1 Å². The maximum absolute atomic E-state index is 13.1. The van der Waals surface area contributed by atoms with Crippen LogP contribution in [0.2, 0.25) is 0 Å². The second-order valence-corrected chi connectivity index (χ2v) is 5.66. The first-order chi connectivity index (χ1) is 10.4. The summed E-state index contributed by atoms with van der Waals surface area (Å²) in [6.45, 7) is 0.268. The molecular weight excluding hydrogens is 359 g/mol. The fourth-order valence-corrected chi connectivity index (χ4v) is 2.43. The van der Waals surface area contributed by atoms with Gasteiger partial charge >= 0.3 is 0 Å². The van der Waals surface area contributed by atoms with Gasteiger partial charge in [-0.15, -0.1) is 0 Å². The first-order valence-corrected chi connectivity index (χ1v) is 7.39. The predicted molar refractivity (Wildman–Crippen MR) is 80.9 cm³/mol. The Morgan fingerprint density at radius 3 is 2.32 bits per heavy atom. The molecule has 2 aromatic rings. The third-order valence-electron chi connectivity index (χ3n) is 3.01. The number of carbonyl (C=O) groups is 1. The van der Waals surface area contributed by atoms with Crippen molar-refractivity contribution in [3.63, 3.8) is 0 Å². The van der Waals surface area contributed by atoms with Gasteiger partial charge in [0.1, 0.15) is 17.5 Å². The Hall–Kier alpha value is -1.82. The van der Waals surface area contributed by atoms with Crippen molar-refractivity contribution in [3.8, 4) is 0 Å². The molecule has 6 heteroatoms. The topological polar surface area (TPSA) is 29.1 Å². The zero-order valence-corrected chi connectivity index (χ0v) is 13.1. The van der Waals surface area contributed by atoms with Crippen LogP contribution in [0, 0.1) is 17.5 Å². The minimum absolute atomic E-state index is 0.108. The van der Waals surface area contributed by atoms with Crippen LogP contribution in [0.15, 0.2) is 40.9 Å². The molecule has 0 aliphatic rings. The minimum atomic E-state index is -0.641. The van der Waals surface area contributed by atoms with E-state index in [1.807, 2.05) is 0 Å². The lowest BCUT2D eigenvalue weighted by molar-refractivity contribution is -0.120. The molecule has 0 aromatic heterocycles. The molecule has 0 aliphatic heterocycles. The molecule has 2 rings (SSSR count). The van der Waals surface area contributed by atoms with Crippen LogP contribution in [0.4, 0.5) is 13.2 Å². The lowest BCUT2D eigenvalue weighted by Gasteiger charge is -2.06. The molecule has 0 atom stereocenters. The van der Waals surface area contributed by atoms with E-state index in [9.17, 15) is 18.0 Å². The molecule has 0 saturated heterocycles. The molecular formula is C16H13BrF3NO. The first-order valence-electron chi connectivity index (χ1n) is 6.59. The Labute approximate surface area is 134 Å². The fraction of sp³-hybridized carbons (Fsp3) is 0.188. The second kappa shape index (κ2) is 7.45. The summed E-state index contributed by atoms with van der Waals surface area (Å²) in [6, 6.07) is 7.60. The van der Waals surface area contributed by atoms with Gasteiger partial charge in [-0.1, -0.05) is 6.07 Å². The zero-order chi connectivity index (χ0) is 16.1. The summed E-state index contributed by atoms with van der Waals surface area (Å²) < 4.78 is 39.4. The quantitative estimate of drug-likeness (QED) is 0.851. The normalized spacial score (nSPS) is 10.5. The summed E-state index contributed by atoms with van der Waals surface area (Å²) >= 11 is 3.06. The summed E-state index contributed by atoms with van der Waals surface area (Å²) in [5, 5.41) is 2.66. The van der Waals surface area contributed by atoms with Crippen molar-refractivity contribution in [2.75, 3.05) is 6.54 Å². The number of hydrogen-bond donors (Lipinski definition) is 1. The van der Waals surface area contributed by atoms with E-state index in [1.165, 1.54) is 30.3 Å². The molecule has 0 heterocycles. The summed E-state index contributed by atoms with van der Waals surface area (Å²) in [6.07, 6.45) is 0.434. The van der Waals surface area contributed by atoms with Crippen molar-refractivity contribution < 1.29 is 18.0 Å². The highest BCUT2D eigenvalue weighted by atomic mass is 79.9. The Bertz CT molecular complexity index is 671. The zero-order valence-electron chi connectivity index (χ0n) is 11.5. The largest absolute Gasteiger partial charge is 0.355 e. The predicted octanol–water partition coefficient (Wildman–Crippen LogP) is 3.77. The number of nitrogens with one attached hydrogen (secondary N) is 1. The standard InChI is InChI=1S/C16H13BrF3NO/c17-14-7-10(1-2-15(14)20)8-16(22)21-4-3-11-5-12(18)9-13(19)6-11/h1-2,5-7,9H,3-4,8H2,(H,21,22). The number of carbonyl (C=O) groups excluding carboxylic acids is 1. The molecule has 0 aliphatic carbocycles. The highest BCUT2D eigenvalue weighted by Gasteiger charge is 2.06. The number of rotatable bonds is 5. The molecule has 2 nitrogen and oxygen atoms in total. The summed E-state index contributed by atoms with van der Waals surface area (Å²) in [4.78, 5) is 11.8. The van der Waals surface area contributed by atoms with Crippen molar-refractivity contribution in [3.05, 3.63) is 69.4 Å². The van der Waals surface area contributed by atoms with E-state index in [0.29, 0.717) is 22.0 Å². The molecule has 116 valence electrons. The van der Waals surface area contributed by atoms with Gasteiger partial charge in [-0.2, -0.15) is 0 Å². The fourth-order valence-electron chi connectivity index (χ4n) is 2.00. The van der Waals surface area contributed by atoms with Crippen molar-refractivity contribution in [2.24, 2.45) is 0 Å². The lowest BCUT2D eigenvalue weighted by atomic mass is 10.1. The average Bonchev–Trinajstić information content (AvgIpc) is 2.42. The first kappa shape index (κ1) is 16.5. The van der Waals surface area contributed by atoms with Gasteiger partial charge in [-0.05, 0) is 57.7 Å². The van der Waals surface area contributed by atoms with E-state index in [1.54, 1.807) is 0 Å². The molecule has 0 spiro atoms. The van der Waals surface area contributed by atoms with Crippen LogP contribution in [-0.4, -0.2) is 12.5 Å². The lowest BCUT2D eigenvalue weighted by Crippen LogP contribution is -2.27. The Balaban J connectivity index is 1.83. The number of halogens is 4. The Kier molecular flexibility index (Phi) is 5.60. The van der Waals surface area contributed by atoms with Crippen LogP contribution in [0.3, 0.4) is 0 Å². The maximum Gasteiger partial charge on any atom is 0.224 e. The van der Waals surface area contributed by atoms with E-state index in [0.717, 1.165) is 6.07 Å². The van der Waals surface area contributed by atoms with Gasteiger partial charge in [0.15, 0.2) is 0 Å². The molecule has 1 N–H and O–H groups in total. The van der Waals surface area contributed by atoms with Crippen molar-refractivity contribution in [2.45, 2.75) is 12.8 Å². The molecule has 0 saturated carbocycles. The molecule has 0 radical (unpaired) electrons. The van der Waals surface area contributed by atoms with E-state index >= 15 is 0 Å². The maximum atomic E-state index is 13.1. The summed E-state index contributed by atoms with van der Waals surface area (Å²) in [5.74, 6) is -1.91. The molecule has 0 fully saturated rings. The molecule has 1 amide bonds. The number of amides is 1. The SMILES string of the molecule is O=C(Cc1ccc(F)c(Br)c1)NCCc1cc(F)cc(F)c1. The van der Waals surface area contributed by atoms with Gasteiger partial charge in [0.25, 0.3) is 0 Å². The van der Waals surface area contributed by atoms with Crippen molar-refractivity contribution in [1.82, 2.24) is 5.32 Å². The van der Waals surface area contributed by atoms with Gasteiger partial charge in [0, 0.05) is 12.6 Å². The Morgan fingerprint density at radius 2 is 1.68 bits per heavy atom. The van der Waals surface area contributed by atoms with Crippen molar-refractivity contribution in [1.29, 1.82) is 0 Å². The van der Waals surface area contributed by atoms with Crippen LogP contribution in [0.25, 0.3) is 0 Å². The van der Waals surface area contributed by atoms with Gasteiger partial charge in [-0.3, -0.25) is 4.79 Å². The molecule has 22 heavy (non-hydrogen) atoms. The average molecular weight is 372 g/mol. The van der Waals surface area contributed by atoms with Crippen molar-refractivity contribution >= 4 is 21.8 Å². The summed E-state index contributed by atoms with van der Waals surface area (Å²) in [5.41, 5.74) is 1.14. The second-order valence-electron chi connectivity index (χ2n) is 4.80. The van der Waals surface area contributed by atoms with Crippen LogP contribution >= 0.6 is 15.9 Å². The minimum Gasteiger partial charge on any atom is -0.355 e.